The van der Waals surface area contributed by atoms with Crippen LogP contribution >= 0.6 is 0 Å². The number of methoxy groups -OCH3 is 2. The number of nitrogens with one attached hydrogen (secondary N) is 1. The summed E-state index contributed by atoms with van der Waals surface area (Å²) >= 11 is 0. The summed E-state index contributed by atoms with van der Waals surface area (Å²) in [5.74, 6) is 1.93. The molecule has 182 valence electrons. The second kappa shape index (κ2) is 9.58. The molecule has 1 aliphatic rings. The maximum atomic E-state index is 13.7. The minimum absolute atomic E-state index is 0.196. The number of aryl methyl sites for hydroxylation is 1. The molecule has 0 atom stereocenters. The number of aromatic nitrogens is 1. The highest BCUT2D eigenvalue weighted by Gasteiger charge is 2.49. The summed E-state index contributed by atoms with van der Waals surface area (Å²) in [6.07, 6.45) is 7.97. The first-order valence-corrected chi connectivity index (χ1v) is 11.2. The molecule has 1 heterocycles. The number of nitrogens with zero attached hydrogens (tertiary/aromatic N) is 2. The number of terminal acetylenes is 1. The van der Waals surface area contributed by atoms with Crippen LogP contribution in [0.4, 0.5) is 5.69 Å². The van der Waals surface area contributed by atoms with Gasteiger partial charge in [-0.1, -0.05) is 12.8 Å². The first kappa shape index (κ1) is 24.0. The number of fused-ring (bicyclic) bond motifs is 1. The van der Waals surface area contributed by atoms with E-state index in [4.69, 9.17) is 20.3 Å². The lowest BCUT2D eigenvalue weighted by atomic mass is 9.92. The van der Waals surface area contributed by atoms with Crippen molar-refractivity contribution in [3.63, 3.8) is 0 Å². The van der Waals surface area contributed by atoms with Gasteiger partial charge in [0.15, 0.2) is 5.58 Å². The first-order chi connectivity index (χ1) is 16.8. The average molecular weight is 478 g/mol. The molecule has 1 N–H and O–H groups in total. The molecule has 2 aromatic carbocycles. The Morgan fingerprint density at radius 3 is 2.57 bits per heavy atom. The summed E-state index contributed by atoms with van der Waals surface area (Å²) in [6, 6.07) is 10.2. The Balaban J connectivity index is 1.70. The van der Waals surface area contributed by atoms with Crippen molar-refractivity contribution >= 4 is 28.6 Å². The van der Waals surface area contributed by atoms with E-state index in [0.717, 1.165) is 18.4 Å². The fraction of sp³-hybridized carbons (Fsp3) is 0.346. The average Bonchev–Trinajstić information content (AvgIpc) is 3.48. The van der Waals surface area contributed by atoms with Gasteiger partial charge in [-0.25, -0.2) is 4.79 Å². The maximum Gasteiger partial charge on any atom is 0.419 e. The molecule has 0 radical (unpaired) electrons. The standard InChI is InChI=1S/C26H27N3O6/c1-5-23(30)29(18-9-11-21-20(14-18)28(2)25(32)35-21)26(12-6-7-13-26)24(31)27-16-17-8-10-19(33-3)15-22(17)34-4/h1,8-11,14-15H,6-7,12-13,16H2,2-4H3,(H,27,31). The highest BCUT2D eigenvalue weighted by Crippen LogP contribution is 2.40. The number of hydrogen-bond acceptors (Lipinski definition) is 6. The molecule has 1 fully saturated rings. The Labute approximate surface area is 202 Å². The maximum absolute atomic E-state index is 13.7. The number of amides is 2. The minimum Gasteiger partial charge on any atom is -0.497 e. The molecule has 9 heteroatoms. The third-order valence-electron chi connectivity index (χ3n) is 6.57. The zero-order valence-corrected chi connectivity index (χ0v) is 19.9. The summed E-state index contributed by atoms with van der Waals surface area (Å²) < 4.78 is 17.2. The molecule has 3 aromatic rings. The highest BCUT2D eigenvalue weighted by atomic mass is 16.5. The van der Waals surface area contributed by atoms with Gasteiger partial charge in [-0.2, -0.15) is 0 Å². The van der Waals surface area contributed by atoms with E-state index in [-0.39, 0.29) is 12.5 Å². The van der Waals surface area contributed by atoms with E-state index in [2.05, 4.69) is 11.2 Å². The van der Waals surface area contributed by atoms with Gasteiger partial charge in [0.2, 0.25) is 5.91 Å². The molecule has 0 bridgehead atoms. The molecule has 35 heavy (non-hydrogen) atoms. The lowest BCUT2D eigenvalue weighted by Gasteiger charge is -2.39. The Morgan fingerprint density at radius 1 is 1.17 bits per heavy atom. The minimum atomic E-state index is -1.17. The Hall–Kier alpha value is -4.19. The third kappa shape index (κ3) is 4.23. The number of hydrogen-bond donors (Lipinski definition) is 1. The van der Waals surface area contributed by atoms with E-state index in [0.29, 0.717) is 41.1 Å². The molecule has 9 nitrogen and oxygen atoms in total. The number of rotatable bonds is 7. The molecule has 0 aliphatic heterocycles. The molecule has 1 aliphatic carbocycles. The monoisotopic (exact) mass is 477 g/mol. The molecule has 0 unspecified atom stereocenters. The lowest BCUT2D eigenvalue weighted by Crippen LogP contribution is -2.59. The summed E-state index contributed by atoms with van der Waals surface area (Å²) in [5, 5.41) is 2.98. The van der Waals surface area contributed by atoms with Gasteiger partial charge in [-0.15, -0.1) is 6.42 Å². The lowest BCUT2D eigenvalue weighted by molar-refractivity contribution is -0.129. The van der Waals surface area contributed by atoms with Crippen LogP contribution in [0, 0.1) is 12.3 Å². The van der Waals surface area contributed by atoms with E-state index < -0.39 is 17.2 Å². The van der Waals surface area contributed by atoms with E-state index in [1.54, 1.807) is 51.6 Å². The van der Waals surface area contributed by atoms with Crippen LogP contribution in [-0.4, -0.2) is 36.1 Å². The smallest absolute Gasteiger partial charge is 0.419 e. The first-order valence-electron chi connectivity index (χ1n) is 11.2. The molecule has 0 spiro atoms. The quantitative estimate of drug-likeness (QED) is 0.525. The topological polar surface area (TPSA) is 103 Å². The van der Waals surface area contributed by atoms with Crippen molar-refractivity contribution in [2.45, 2.75) is 37.8 Å². The highest BCUT2D eigenvalue weighted by molar-refractivity contribution is 6.11. The number of ether oxygens (including phenoxy) is 2. The van der Waals surface area contributed by atoms with Crippen molar-refractivity contribution in [1.82, 2.24) is 9.88 Å². The van der Waals surface area contributed by atoms with Crippen LogP contribution in [0.25, 0.3) is 11.1 Å². The molecule has 2 amide bonds. The van der Waals surface area contributed by atoms with Crippen molar-refractivity contribution in [2.24, 2.45) is 7.05 Å². The van der Waals surface area contributed by atoms with Crippen LogP contribution in [0.2, 0.25) is 0 Å². The SMILES string of the molecule is C#CC(=O)N(c1ccc2oc(=O)n(C)c2c1)C1(C(=O)NCc2ccc(OC)cc2OC)CCCC1. The van der Waals surface area contributed by atoms with Crippen molar-refractivity contribution in [3.8, 4) is 23.8 Å². The van der Waals surface area contributed by atoms with Gasteiger partial charge in [-0.05, 0) is 49.1 Å². The van der Waals surface area contributed by atoms with Crippen LogP contribution in [0.15, 0.2) is 45.6 Å². The molecular formula is C26H27N3O6. The van der Waals surface area contributed by atoms with E-state index in [1.165, 1.54) is 9.47 Å². The Kier molecular flexibility index (Phi) is 6.56. The molecule has 1 saturated carbocycles. The predicted octanol–water partition coefficient (Wildman–Crippen LogP) is 2.74. The van der Waals surface area contributed by atoms with Gasteiger partial charge in [0.1, 0.15) is 17.0 Å². The van der Waals surface area contributed by atoms with Gasteiger partial charge in [0.05, 0.1) is 19.7 Å². The zero-order valence-electron chi connectivity index (χ0n) is 19.9. The van der Waals surface area contributed by atoms with Gasteiger partial charge >= 0.3 is 11.7 Å². The Morgan fingerprint density at radius 2 is 1.91 bits per heavy atom. The van der Waals surface area contributed by atoms with E-state index >= 15 is 0 Å². The fourth-order valence-electron chi connectivity index (χ4n) is 4.73. The summed E-state index contributed by atoms with van der Waals surface area (Å²) in [5.41, 5.74) is 0.902. The van der Waals surface area contributed by atoms with Crippen LogP contribution in [-0.2, 0) is 23.2 Å². The summed E-state index contributed by atoms with van der Waals surface area (Å²) in [4.78, 5) is 40.1. The van der Waals surface area contributed by atoms with Gasteiger partial charge < -0.3 is 19.2 Å². The normalized spacial score (nSPS) is 14.3. The second-order valence-electron chi connectivity index (χ2n) is 8.46. The van der Waals surface area contributed by atoms with Crippen molar-refractivity contribution in [1.29, 1.82) is 0 Å². The van der Waals surface area contributed by atoms with Crippen molar-refractivity contribution < 1.29 is 23.5 Å². The molecule has 0 saturated heterocycles. The van der Waals surface area contributed by atoms with Crippen LogP contribution in [0.5, 0.6) is 11.5 Å². The number of benzene rings is 2. The third-order valence-corrected chi connectivity index (χ3v) is 6.57. The largest absolute Gasteiger partial charge is 0.497 e. The second-order valence-corrected chi connectivity index (χ2v) is 8.46. The van der Waals surface area contributed by atoms with Gasteiger partial charge in [-0.3, -0.25) is 19.1 Å². The van der Waals surface area contributed by atoms with Crippen LogP contribution < -0.4 is 25.4 Å². The van der Waals surface area contributed by atoms with Crippen molar-refractivity contribution in [3.05, 3.63) is 52.5 Å². The van der Waals surface area contributed by atoms with Gasteiger partial charge in [0, 0.05) is 30.9 Å². The number of carbonyl (C=O) groups excluding carboxylic acids is 2. The summed E-state index contributed by atoms with van der Waals surface area (Å²) in [6.45, 7) is 0.196. The van der Waals surface area contributed by atoms with Gasteiger partial charge in [0.25, 0.3) is 0 Å². The van der Waals surface area contributed by atoms with Crippen molar-refractivity contribution in [2.75, 3.05) is 19.1 Å². The number of carbonyl (C=O) groups is 2. The molecular weight excluding hydrogens is 450 g/mol. The molecule has 4 rings (SSSR count). The summed E-state index contributed by atoms with van der Waals surface area (Å²) in [7, 11) is 4.69. The van der Waals surface area contributed by atoms with E-state index in [1.807, 2.05) is 6.07 Å². The molecule has 1 aromatic heterocycles. The van der Waals surface area contributed by atoms with Crippen LogP contribution in [0.1, 0.15) is 31.2 Å². The van der Waals surface area contributed by atoms with Crippen LogP contribution in [0.3, 0.4) is 0 Å². The number of oxazole rings is 1. The fourth-order valence-corrected chi connectivity index (χ4v) is 4.73. The Bertz CT molecular complexity index is 1370. The number of anilines is 1. The zero-order chi connectivity index (χ0) is 25.2. The predicted molar refractivity (Wildman–Crippen MR) is 130 cm³/mol. The van der Waals surface area contributed by atoms with E-state index in [9.17, 15) is 14.4 Å².